The van der Waals surface area contributed by atoms with Gasteiger partial charge >= 0.3 is 5.97 Å². The Bertz CT molecular complexity index is 556. The van der Waals surface area contributed by atoms with Gasteiger partial charge in [-0.2, -0.15) is 0 Å². The van der Waals surface area contributed by atoms with Crippen LogP contribution in [0.15, 0.2) is 17.5 Å². The van der Waals surface area contributed by atoms with Gasteiger partial charge < -0.3 is 15.0 Å². The van der Waals surface area contributed by atoms with Crippen LogP contribution in [-0.4, -0.2) is 48.4 Å². The quantitative estimate of drug-likeness (QED) is 0.801. The Morgan fingerprint density at radius 3 is 2.91 bits per heavy atom. The van der Waals surface area contributed by atoms with Crippen LogP contribution in [-0.2, 0) is 14.3 Å². The molecule has 0 spiro atoms. The molecule has 2 rings (SSSR count). The number of nitrogens with zero attached hydrogens (tertiary/aromatic N) is 1. The molecule has 0 aromatic carbocycles. The van der Waals surface area contributed by atoms with Crippen molar-refractivity contribution in [2.45, 2.75) is 32.7 Å². The lowest BCUT2D eigenvalue weighted by Gasteiger charge is -2.34. The van der Waals surface area contributed by atoms with Gasteiger partial charge in [0, 0.05) is 13.1 Å². The Morgan fingerprint density at radius 2 is 2.26 bits per heavy atom. The molecule has 1 fully saturated rings. The van der Waals surface area contributed by atoms with E-state index in [0.717, 1.165) is 6.42 Å². The monoisotopic (exact) mass is 338 g/mol. The van der Waals surface area contributed by atoms with Gasteiger partial charge in [-0.15, -0.1) is 11.3 Å². The summed E-state index contributed by atoms with van der Waals surface area (Å²) >= 11 is 1.32. The second kappa shape index (κ2) is 8.10. The topological polar surface area (TPSA) is 75.7 Å². The second-order valence-corrected chi connectivity index (χ2v) is 6.84. The van der Waals surface area contributed by atoms with Gasteiger partial charge in [0.15, 0.2) is 0 Å². The fourth-order valence-electron chi connectivity index (χ4n) is 2.33. The Balaban J connectivity index is 1.99. The third-order valence-electron chi connectivity index (χ3n) is 3.64. The van der Waals surface area contributed by atoms with E-state index in [1.807, 2.05) is 19.2 Å². The van der Waals surface area contributed by atoms with E-state index in [2.05, 4.69) is 5.32 Å². The lowest BCUT2D eigenvalue weighted by Crippen LogP contribution is -2.57. The van der Waals surface area contributed by atoms with Crippen LogP contribution in [0.5, 0.6) is 0 Å². The number of rotatable bonds is 6. The summed E-state index contributed by atoms with van der Waals surface area (Å²) in [5.74, 6) is -0.522. The summed E-state index contributed by atoms with van der Waals surface area (Å²) in [6.45, 7) is 5.22. The number of hydrogen-bond donors (Lipinski definition) is 1. The maximum atomic E-state index is 12.5. The molecular weight excluding hydrogens is 316 g/mol. The van der Waals surface area contributed by atoms with Crippen LogP contribution in [0.3, 0.4) is 0 Å². The van der Waals surface area contributed by atoms with Gasteiger partial charge in [-0.25, -0.2) is 0 Å². The zero-order chi connectivity index (χ0) is 16.8. The molecule has 1 aliphatic rings. The minimum atomic E-state index is -0.801. The first-order chi connectivity index (χ1) is 11.0. The van der Waals surface area contributed by atoms with Crippen molar-refractivity contribution in [3.8, 4) is 0 Å². The minimum Gasteiger partial charge on any atom is -0.466 e. The third kappa shape index (κ3) is 4.79. The number of ether oxygens (including phenoxy) is 1. The summed E-state index contributed by atoms with van der Waals surface area (Å²) in [4.78, 5) is 38.6. The van der Waals surface area contributed by atoms with Crippen LogP contribution < -0.4 is 5.32 Å². The van der Waals surface area contributed by atoms with E-state index in [0.29, 0.717) is 30.5 Å². The van der Waals surface area contributed by atoms with Crippen LogP contribution in [0.1, 0.15) is 36.4 Å². The Hall–Kier alpha value is -1.89. The maximum absolute atomic E-state index is 12.5. The third-order valence-corrected chi connectivity index (χ3v) is 4.50. The first-order valence-electron chi connectivity index (χ1n) is 7.77. The molecule has 7 heteroatoms. The summed E-state index contributed by atoms with van der Waals surface area (Å²) in [5.41, 5.74) is 0. The van der Waals surface area contributed by atoms with Crippen molar-refractivity contribution in [2.24, 2.45) is 5.92 Å². The number of thiophene rings is 1. The molecule has 1 aromatic heterocycles. The lowest BCUT2D eigenvalue weighted by molar-refractivity contribution is -0.148. The number of carbonyl (C=O) groups excluding carboxylic acids is 3. The molecule has 1 saturated heterocycles. The molecule has 1 unspecified atom stereocenters. The number of nitrogens with one attached hydrogen (secondary N) is 1. The van der Waals surface area contributed by atoms with Crippen molar-refractivity contribution in [1.29, 1.82) is 0 Å². The number of amides is 2. The van der Waals surface area contributed by atoms with Crippen molar-refractivity contribution in [3.05, 3.63) is 22.4 Å². The molecule has 0 aliphatic carbocycles. The van der Waals surface area contributed by atoms with Crippen molar-refractivity contribution >= 4 is 29.1 Å². The molecule has 1 N–H and O–H groups in total. The van der Waals surface area contributed by atoms with E-state index in [9.17, 15) is 14.4 Å². The summed E-state index contributed by atoms with van der Waals surface area (Å²) in [7, 11) is 0. The zero-order valence-electron chi connectivity index (χ0n) is 13.4. The molecule has 2 heterocycles. The van der Waals surface area contributed by atoms with Gasteiger partial charge in [0.25, 0.3) is 5.91 Å². The average Bonchev–Trinajstić information content (AvgIpc) is 3.02. The number of esters is 1. The number of hydrogen-bond acceptors (Lipinski definition) is 5. The summed E-state index contributed by atoms with van der Waals surface area (Å²) in [5, 5.41) is 4.52. The lowest BCUT2D eigenvalue weighted by atomic mass is 10.1. The Morgan fingerprint density at radius 1 is 1.48 bits per heavy atom. The highest BCUT2D eigenvalue weighted by molar-refractivity contribution is 7.12. The molecule has 23 heavy (non-hydrogen) atoms. The molecule has 2 amide bonds. The fraction of sp³-hybridized carbons (Fsp3) is 0.562. The largest absolute Gasteiger partial charge is 0.466 e. The predicted molar refractivity (Wildman–Crippen MR) is 87.2 cm³/mol. The first-order valence-corrected chi connectivity index (χ1v) is 8.65. The zero-order valence-corrected chi connectivity index (χ0v) is 14.2. The van der Waals surface area contributed by atoms with E-state index in [1.165, 1.54) is 16.2 Å². The molecule has 0 bridgehead atoms. The number of piperazine rings is 1. The maximum Gasteiger partial charge on any atom is 0.308 e. The summed E-state index contributed by atoms with van der Waals surface area (Å²) < 4.78 is 5.17. The highest BCUT2D eigenvalue weighted by Crippen LogP contribution is 2.18. The molecular formula is C16H22N2O4S. The standard InChI is InChI=1S/C16H22N2O4S/c1-11(2)5-8-22-14(19)10-12-15(20)17-6-7-18(12)16(21)13-4-3-9-23-13/h3-4,9,11-12H,5-8,10H2,1-2H3,(H,17,20). The molecule has 1 aliphatic heterocycles. The minimum absolute atomic E-state index is 0.110. The van der Waals surface area contributed by atoms with Gasteiger partial charge in [-0.1, -0.05) is 19.9 Å². The van der Waals surface area contributed by atoms with Gasteiger partial charge in [-0.3, -0.25) is 14.4 Å². The summed E-state index contributed by atoms with van der Waals surface area (Å²) in [6, 6.07) is 2.71. The fourth-order valence-corrected chi connectivity index (χ4v) is 3.01. The van der Waals surface area contributed by atoms with Gasteiger partial charge in [0.2, 0.25) is 5.91 Å². The number of carbonyl (C=O) groups is 3. The SMILES string of the molecule is CC(C)CCOC(=O)CC1C(=O)NCCN1C(=O)c1cccs1. The van der Waals surface area contributed by atoms with Crippen molar-refractivity contribution in [2.75, 3.05) is 19.7 Å². The van der Waals surface area contributed by atoms with E-state index in [4.69, 9.17) is 4.74 Å². The molecule has 126 valence electrons. The van der Waals surface area contributed by atoms with Crippen LogP contribution in [0.25, 0.3) is 0 Å². The molecule has 0 saturated carbocycles. The molecule has 6 nitrogen and oxygen atoms in total. The van der Waals surface area contributed by atoms with Gasteiger partial charge in [0.1, 0.15) is 6.04 Å². The normalized spacial score (nSPS) is 18.0. The first kappa shape index (κ1) is 17.5. The summed E-state index contributed by atoms with van der Waals surface area (Å²) in [6.07, 6.45) is 0.668. The van der Waals surface area contributed by atoms with Gasteiger partial charge in [-0.05, 0) is 23.8 Å². The molecule has 1 aromatic rings. The van der Waals surface area contributed by atoms with Gasteiger partial charge in [0.05, 0.1) is 17.9 Å². The molecule has 1 atom stereocenters. The Labute approximate surface area is 139 Å². The average molecular weight is 338 g/mol. The second-order valence-electron chi connectivity index (χ2n) is 5.89. The van der Waals surface area contributed by atoms with Crippen LogP contribution >= 0.6 is 11.3 Å². The molecule has 0 radical (unpaired) electrons. The van der Waals surface area contributed by atoms with Crippen molar-refractivity contribution < 1.29 is 19.1 Å². The smallest absolute Gasteiger partial charge is 0.308 e. The highest BCUT2D eigenvalue weighted by Gasteiger charge is 2.35. The van der Waals surface area contributed by atoms with Crippen molar-refractivity contribution in [1.82, 2.24) is 10.2 Å². The Kier molecular flexibility index (Phi) is 6.15. The van der Waals surface area contributed by atoms with E-state index < -0.39 is 12.0 Å². The van der Waals surface area contributed by atoms with E-state index in [-0.39, 0.29) is 18.2 Å². The predicted octanol–water partition coefficient (Wildman–Crippen LogP) is 1.67. The highest BCUT2D eigenvalue weighted by atomic mass is 32.1. The van der Waals surface area contributed by atoms with Crippen LogP contribution in [0.4, 0.5) is 0 Å². The van der Waals surface area contributed by atoms with E-state index in [1.54, 1.807) is 12.1 Å². The van der Waals surface area contributed by atoms with Crippen molar-refractivity contribution in [3.63, 3.8) is 0 Å². The van der Waals surface area contributed by atoms with Crippen LogP contribution in [0.2, 0.25) is 0 Å². The van der Waals surface area contributed by atoms with E-state index >= 15 is 0 Å². The van der Waals surface area contributed by atoms with Crippen LogP contribution in [0, 0.1) is 5.92 Å².